The van der Waals surface area contributed by atoms with E-state index >= 15 is 0 Å². The molecule has 3 nitrogen and oxygen atoms in total. The van der Waals surface area contributed by atoms with E-state index in [2.05, 4.69) is 25.9 Å². The van der Waals surface area contributed by atoms with Gasteiger partial charge in [0.25, 0.3) is 0 Å². The van der Waals surface area contributed by atoms with E-state index in [1.165, 1.54) is 6.42 Å². The van der Waals surface area contributed by atoms with E-state index in [1.54, 1.807) is 6.07 Å². The molecule has 24 heavy (non-hydrogen) atoms. The predicted molar refractivity (Wildman–Crippen MR) is 96.0 cm³/mol. The highest BCUT2D eigenvalue weighted by atomic mass is 16.7. The summed E-state index contributed by atoms with van der Waals surface area (Å²) in [4.78, 5) is 17.9. The molecule has 124 valence electrons. The molecule has 2 aromatic carbocycles. The molecule has 0 saturated heterocycles. The minimum Gasteiger partial charge on any atom is -0.313 e. The fraction of sp³-hybridized carbons (Fsp3) is 0.429. The molecule has 2 aliphatic rings. The fourth-order valence-corrected chi connectivity index (χ4v) is 4.62. The molecule has 2 bridgehead atoms. The highest BCUT2D eigenvalue weighted by molar-refractivity contribution is 6.04. The van der Waals surface area contributed by atoms with Gasteiger partial charge in [-0.25, -0.2) is 4.79 Å². The van der Waals surface area contributed by atoms with Crippen LogP contribution >= 0.6 is 0 Å². The third-order valence-corrected chi connectivity index (χ3v) is 6.76. The van der Waals surface area contributed by atoms with E-state index in [-0.39, 0.29) is 16.8 Å². The monoisotopic (exact) mass is 321 g/mol. The highest BCUT2D eigenvalue weighted by Crippen LogP contribution is 2.64. The molecule has 0 aromatic heterocycles. The Morgan fingerprint density at radius 1 is 1.12 bits per heavy atom. The molecule has 4 rings (SSSR count). The van der Waals surface area contributed by atoms with Crippen molar-refractivity contribution in [2.24, 2.45) is 21.9 Å². The molecular weight excluding hydrogens is 298 g/mol. The lowest BCUT2D eigenvalue weighted by molar-refractivity contribution is 0.0510. The average molecular weight is 321 g/mol. The van der Waals surface area contributed by atoms with Crippen LogP contribution in [0.2, 0.25) is 0 Å². The second-order valence-electron chi connectivity index (χ2n) is 7.94. The standard InChI is InChI=1S/C21H23NO2/c1-20(2)15-11-12-21(20,3)18(13-15)22-24-19(23)17-10-6-8-14-7-4-5-9-16(14)17/h4-10,15H,11-13H2,1-3H3/b22-18-. The quantitative estimate of drug-likeness (QED) is 0.563. The summed E-state index contributed by atoms with van der Waals surface area (Å²) in [6, 6.07) is 13.5. The van der Waals surface area contributed by atoms with Gasteiger partial charge in [-0.1, -0.05) is 62.3 Å². The molecule has 0 N–H and O–H groups in total. The summed E-state index contributed by atoms with van der Waals surface area (Å²) >= 11 is 0. The molecule has 2 aromatic rings. The lowest BCUT2D eigenvalue weighted by Gasteiger charge is -2.34. The van der Waals surface area contributed by atoms with Gasteiger partial charge in [-0.3, -0.25) is 0 Å². The highest BCUT2D eigenvalue weighted by Gasteiger charge is 2.60. The number of rotatable bonds is 2. The van der Waals surface area contributed by atoms with Gasteiger partial charge < -0.3 is 4.84 Å². The zero-order valence-corrected chi connectivity index (χ0v) is 14.5. The van der Waals surface area contributed by atoms with Crippen molar-refractivity contribution in [3.05, 3.63) is 48.0 Å². The van der Waals surface area contributed by atoms with Crippen LogP contribution in [-0.4, -0.2) is 11.7 Å². The van der Waals surface area contributed by atoms with Crippen molar-refractivity contribution in [2.45, 2.75) is 40.0 Å². The third-order valence-electron chi connectivity index (χ3n) is 6.76. The summed E-state index contributed by atoms with van der Waals surface area (Å²) in [6.45, 7) is 6.91. The summed E-state index contributed by atoms with van der Waals surface area (Å²) in [5.74, 6) is 0.279. The Labute approximate surface area is 142 Å². The maximum absolute atomic E-state index is 12.6. The smallest absolute Gasteiger partial charge is 0.313 e. The molecule has 2 atom stereocenters. The lowest BCUT2D eigenvalue weighted by Crippen LogP contribution is -2.32. The summed E-state index contributed by atoms with van der Waals surface area (Å²) in [6.07, 6.45) is 3.33. The number of hydrogen-bond donors (Lipinski definition) is 0. The van der Waals surface area contributed by atoms with Crippen LogP contribution in [0, 0.1) is 16.7 Å². The van der Waals surface area contributed by atoms with Crippen LogP contribution < -0.4 is 0 Å². The van der Waals surface area contributed by atoms with Crippen molar-refractivity contribution >= 4 is 22.5 Å². The van der Waals surface area contributed by atoms with Gasteiger partial charge in [0.2, 0.25) is 0 Å². The van der Waals surface area contributed by atoms with Gasteiger partial charge in [0.1, 0.15) is 0 Å². The van der Waals surface area contributed by atoms with Crippen LogP contribution in [0.4, 0.5) is 0 Å². The van der Waals surface area contributed by atoms with E-state index in [1.807, 2.05) is 36.4 Å². The van der Waals surface area contributed by atoms with Gasteiger partial charge in [-0.05, 0) is 47.4 Å². The van der Waals surface area contributed by atoms with Gasteiger partial charge in [-0.15, -0.1) is 0 Å². The SMILES string of the molecule is CC12CCC(C/C1=N/OC(=O)c1cccc3ccccc13)C2(C)C. The molecule has 0 amide bonds. The van der Waals surface area contributed by atoms with E-state index < -0.39 is 0 Å². The van der Waals surface area contributed by atoms with E-state index in [9.17, 15) is 4.79 Å². The molecule has 2 unspecified atom stereocenters. The van der Waals surface area contributed by atoms with Gasteiger partial charge in [0.15, 0.2) is 0 Å². The molecule has 0 heterocycles. The number of carbonyl (C=O) groups excluding carboxylic acids is 1. The number of benzene rings is 2. The topological polar surface area (TPSA) is 38.7 Å². The normalized spacial score (nSPS) is 29.3. The Hall–Kier alpha value is -2.16. The maximum Gasteiger partial charge on any atom is 0.366 e. The minimum atomic E-state index is -0.372. The van der Waals surface area contributed by atoms with Crippen LogP contribution in [-0.2, 0) is 4.84 Å². The average Bonchev–Trinajstić information content (AvgIpc) is 2.92. The zero-order valence-electron chi connectivity index (χ0n) is 14.5. The lowest BCUT2D eigenvalue weighted by atomic mass is 9.70. The van der Waals surface area contributed by atoms with Gasteiger partial charge >= 0.3 is 5.97 Å². The molecule has 0 spiro atoms. The van der Waals surface area contributed by atoms with Crippen molar-refractivity contribution in [3.8, 4) is 0 Å². The summed E-state index contributed by atoms with van der Waals surface area (Å²) < 4.78 is 0. The second kappa shape index (κ2) is 5.17. The molecule has 0 aliphatic heterocycles. The Morgan fingerprint density at radius 2 is 1.88 bits per heavy atom. The predicted octanol–water partition coefficient (Wildman–Crippen LogP) is 5.20. The van der Waals surface area contributed by atoms with E-state index in [4.69, 9.17) is 4.84 Å². The van der Waals surface area contributed by atoms with Crippen molar-refractivity contribution in [1.82, 2.24) is 0 Å². The molecule has 2 aliphatic carbocycles. The van der Waals surface area contributed by atoms with Crippen molar-refractivity contribution < 1.29 is 9.63 Å². The fourth-order valence-electron chi connectivity index (χ4n) is 4.62. The molecule has 0 radical (unpaired) electrons. The first-order valence-corrected chi connectivity index (χ1v) is 8.70. The number of carbonyl (C=O) groups is 1. The molecular formula is C21H23NO2. The van der Waals surface area contributed by atoms with Gasteiger partial charge in [0.05, 0.1) is 11.3 Å². The first-order chi connectivity index (χ1) is 11.4. The van der Waals surface area contributed by atoms with Crippen molar-refractivity contribution in [1.29, 1.82) is 0 Å². The first-order valence-electron chi connectivity index (χ1n) is 8.70. The van der Waals surface area contributed by atoms with E-state index in [0.29, 0.717) is 11.5 Å². The summed E-state index contributed by atoms with van der Waals surface area (Å²) in [5.41, 5.74) is 1.91. The molecule has 3 heteroatoms. The zero-order chi connectivity index (χ0) is 16.9. The third kappa shape index (κ3) is 2.03. The van der Waals surface area contributed by atoms with Crippen LogP contribution in [0.1, 0.15) is 50.4 Å². The summed E-state index contributed by atoms with van der Waals surface area (Å²) in [7, 11) is 0. The van der Waals surface area contributed by atoms with Crippen LogP contribution in [0.5, 0.6) is 0 Å². The Bertz CT molecular complexity index is 847. The number of fused-ring (bicyclic) bond motifs is 3. The number of oxime groups is 1. The van der Waals surface area contributed by atoms with Crippen molar-refractivity contribution in [3.63, 3.8) is 0 Å². The number of hydrogen-bond acceptors (Lipinski definition) is 3. The van der Waals surface area contributed by atoms with Crippen molar-refractivity contribution in [2.75, 3.05) is 0 Å². The second-order valence-corrected chi connectivity index (χ2v) is 7.94. The van der Waals surface area contributed by atoms with E-state index in [0.717, 1.165) is 29.3 Å². The maximum atomic E-state index is 12.6. The molecule has 2 saturated carbocycles. The Balaban J connectivity index is 1.62. The van der Waals surface area contributed by atoms with Crippen LogP contribution in [0.25, 0.3) is 10.8 Å². The molecule has 2 fully saturated rings. The van der Waals surface area contributed by atoms with Crippen LogP contribution in [0.15, 0.2) is 47.6 Å². The van der Waals surface area contributed by atoms with Crippen LogP contribution in [0.3, 0.4) is 0 Å². The first kappa shape index (κ1) is 15.4. The summed E-state index contributed by atoms with van der Waals surface area (Å²) in [5, 5.41) is 6.27. The van der Waals surface area contributed by atoms with Gasteiger partial charge in [-0.2, -0.15) is 0 Å². The number of nitrogens with zero attached hydrogens (tertiary/aromatic N) is 1. The Kier molecular flexibility index (Phi) is 3.31. The largest absolute Gasteiger partial charge is 0.366 e. The van der Waals surface area contributed by atoms with Gasteiger partial charge in [0, 0.05) is 5.41 Å². The minimum absolute atomic E-state index is 0.0523. The Morgan fingerprint density at radius 3 is 2.58 bits per heavy atom.